The topological polar surface area (TPSA) is 71.5 Å². The Bertz CT molecular complexity index is 814. The first-order valence-electron chi connectivity index (χ1n) is 9.30. The number of Topliss-reactive ketones (excluding diaryl/α,β-unsaturated/α-hetero) is 1. The van der Waals surface area contributed by atoms with E-state index in [4.69, 9.17) is 4.74 Å². The first-order chi connectivity index (χ1) is 13.4. The molecular formula is C20H24BrN3O3S. The highest BCUT2D eigenvalue weighted by molar-refractivity contribution is 9.10. The van der Waals surface area contributed by atoms with Gasteiger partial charge in [-0.15, -0.1) is 11.3 Å². The molecule has 3 rings (SSSR count). The number of halogens is 1. The van der Waals surface area contributed by atoms with Crippen molar-refractivity contribution in [2.45, 2.75) is 45.4 Å². The molecule has 2 unspecified atom stereocenters. The van der Waals surface area contributed by atoms with Gasteiger partial charge < -0.3 is 10.1 Å². The van der Waals surface area contributed by atoms with Gasteiger partial charge in [0.05, 0.1) is 17.9 Å². The number of carbonyl (C=O) groups excluding carboxylic acids is 2. The third kappa shape index (κ3) is 6.20. The van der Waals surface area contributed by atoms with Crippen LogP contribution in [0.2, 0.25) is 0 Å². The maximum Gasteiger partial charge on any atom is 0.226 e. The van der Waals surface area contributed by atoms with E-state index in [9.17, 15) is 9.59 Å². The van der Waals surface area contributed by atoms with Crippen molar-refractivity contribution in [3.8, 4) is 0 Å². The molecule has 1 amide bonds. The summed E-state index contributed by atoms with van der Waals surface area (Å²) < 4.78 is 6.67. The summed E-state index contributed by atoms with van der Waals surface area (Å²) in [5.41, 5.74) is 1.55. The van der Waals surface area contributed by atoms with Gasteiger partial charge in [0.25, 0.3) is 0 Å². The quantitative estimate of drug-likeness (QED) is 0.622. The van der Waals surface area contributed by atoms with E-state index in [0.717, 1.165) is 29.8 Å². The van der Waals surface area contributed by atoms with Crippen molar-refractivity contribution in [1.29, 1.82) is 0 Å². The zero-order chi connectivity index (χ0) is 20.1. The van der Waals surface area contributed by atoms with Crippen molar-refractivity contribution < 1.29 is 14.3 Å². The molecule has 2 atom stereocenters. The summed E-state index contributed by atoms with van der Waals surface area (Å²) >= 11 is 4.75. The summed E-state index contributed by atoms with van der Waals surface area (Å²) in [7, 11) is 0. The molecule has 1 N–H and O–H groups in total. The summed E-state index contributed by atoms with van der Waals surface area (Å²) in [6.45, 7) is 6.64. The van der Waals surface area contributed by atoms with E-state index in [1.807, 2.05) is 17.5 Å². The minimum Gasteiger partial charge on any atom is -0.373 e. The lowest BCUT2D eigenvalue weighted by Gasteiger charge is -2.34. The van der Waals surface area contributed by atoms with E-state index < -0.39 is 0 Å². The van der Waals surface area contributed by atoms with Crippen LogP contribution in [0.5, 0.6) is 0 Å². The third-order valence-corrected chi connectivity index (χ3v) is 5.76. The molecule has 28 heavy (non-hydrogen) atoms. The number of ketones is 1. The van der Waals surface area contributed by atoms with Gasteiger partial charge in [-0.1, -0.05) is 28.1 Å². The van der Waals surface area contributed by atoms with Crippen molar-refractivity contribution in [2.75, 3.05) is 18.4 Å². The highest BCUT2D eigenvalue weighted by atomic mass is 79.9. The smallest absolute Gasteiger partial charge is 0.226 e. The molecular weight excluding hydrogens is 442 g/mol. The van der Waals surface area contributed by atoms with Crippen LogP contribution in [0.1, 0.15) is 42.7 Å². The molecule has 1 fully saturated rings. The van der Waals surface area contributed by atoms with Crippen LogP contribution in [0.15, 0.2) is 34.1 Å². The number of anilines is 1. The van der Waals surface area contributed by atoms with Crippen LogP contribution in [0.4, 0.5) is 5.13 Å². The predicted molar refractivity (Wildman–Crippen MR) is 114 cm³/mol. The van der Waals surface area contributed by atoms with Crippen molar-refractivity contribution in [3.63, 3.8) is 0 Å². The van der Waals surface area contributed by atoms with Crippen LogP contribution < -0.4 is 5.32 Å². The number of rotatable bonds is 7. The average molecular weight is 466 g/mol. The fourth-order valence-electron chi connectivity index (χ4n) is 3.27. The number of nitrogens with zero attached hydrogens (tertiary/aromatic N) is 2. The van der Waals surface area contributed by atoms with Gasteiger partial charge >= 0.3 is 0 Å². The number of ether oxygens (including phenoxy) is 1. The first-order valence-corrected chi connectivity index (χ1v) is 11.0. The first kappa shape index (κ1) is 21.1. The summed E-state index contributed by atoms with van der Waals surface area (Å²) in [5, 5.41) is 5.34. The monoisotopic (exact) mass is 465 g/mol. The maximum atomic E-state index is 12.2. The van der Waals surface area contributed by atoms with E-state index in [1.165, 1.54) is 11.3 Å². The second-order valence-electron chi connectivity index (χ2n) is 7.07. The van der Waals surface area contributed by atoms with Crippen LogP contribution in [-0.4, -0.2) is 46.9 Å². The third-order valence-electron chi connectivity index (χ3n) is 4.42. The summed E-state index contributed by atoms with van der Waals surface area (Å²) in [5.74, 6) is -0.238. The van der Waals surface area contributed by atoms with Gasteiger partial charge in [-0.3, -0.25) is 14.5 Å². The van der Waals surface area contributed by atoms with E-state index in [1.54, 1.807) is 12.1 Å². The predicted octanol–water partition coefficient (Wildman–Crippen LogP) is 4.12. The van der Waals surface area contributed by atoms with Gasteiger partial charge in [0, 0.05) is 47.9 Å². The van der Waals surface area contributed by atoms with E-state index >= 15 is 0 Å². The summed E-state index contributed by atoms with van der Waals surface area (Å²) in [6.07, 6.45) is 0.743. The molecule has 1 saturated heterocycles. The molecule has 150 valence electrons. The Labute approximate surface area is 177 Å². The number of hydrogen-bond acceptors (Lipinski definition) is 6. The number of hydrogen-bond donors (Lipinski definition) is 1. The maximum absolute atomic E-state index is 12.2. The molecule has 0 aliphatic carbocycles. The van der Waals surface area contributed by atoms with Gasteiger partial charge in [0.2, 0.25) is 5.91 Å². The van der Waals surface area contributed by atoms with Gasteiger partial charge in [0.1, 0.15) is 0 Å². The standard InChI is InChI=1S/C20H24BrN3O3S/c1-13-9-24(10-14(2)27-13)11-17-12-28-20(22-17)23-19(26)8-7-18(25)15-3-5-16(21)6-4-15/h3-6,12-14H,7-11H2,1-2H3,(H,22,23,26). The molecule has 1 aromatic heterocycles. The lowest BCUT2D eigenvalue weighted by atomic mass is 10.1. The Balaban J connectivity index is 1.46. The highest BCUT2D eigenvalue weighted by Crippen LogP contribution is 2.20. The number of benzene rings is 1. The fraction of sp³-hybridized carbons (Fsp3) is 0.450. The second-order valence-corrected chi connectivity index (χ2v) is 8.85. The van der Waals surface area contributed by atoms with Crippen LogP contribution in [0, 0.1) is 0 Å². The van der Waals surface area contributed by atoms with E-state index in [2.05, 4.69) is 45.0 Å². The normalized spacial score (nSPS) is 20.1. The zero-order valence-electron chi connectivity index (χ0n) is 16.0. The minimum absolute atomic E-state index is 0.0435. The largest absolute Gasteiger partial charge is 0.373 e. The van der Waals surface area contributed by atoms with Gasteiger partial charge in [0.15, 0.2) is 10.9 Å². The van der Waals surface area contributed by atoms with Crippen LogP contribution in [0.25, 0.3) is 0 Å². The molecule has 6 nitrogen and oxygen atoms in total. The zero-order valence-corrected chi connectivity index (χ0v) is 18.4. The Morgan fingerprint density at radius 1 is 1.21 bits per heavy atom. The Kier molecular flexibility index (Phi) is 7.34. The fourth-order valence-corrected chi connectivity index (χ4v) is 4.25. The molecule has 0 bridgehead atoms. The SMILES string of the molecule is CC1CN(Cc2csc(NC(=O)CCC(=O)c3ccc(Br)cc3)n2)CC(C)O1. The molecule has 1 aromatic carbocycles. The minimum atomic E-state index is -0.194. The van der Waals surface area contributed by atoms with Crippen molar-refractivity contribution >= 4 is 44.1 Å². The van der Waals surface area contributed by atoms with Crippen LogP contribution in [-0.2, 0) is 16.1 Å². The molecule has 2 aromatic rings. The Morgan fingerprint density at radius 3 is 2.57 bits per heavy atom. The Morgan fingerprint density at radius 2 is 1.89 bits per heavy atom. The number of aromatic nitrogens is 1. The Hall–Kier alpha value is -1.61. The molecule has 1 aliphatic heterocycles. The van der Waals surface area contributed by atoms with Crippen molar-refractivity contribution in [3.05, 3.63) is 45.4 Å². The second kappa shape index (κ2) is 9.73. The van der Waals surface area contributed by atoms with Crippen molar-refractivity contribution in [1.82, 2.24) is 9.88 Å². The molecule has 0 radical (unpaired) electrons. The lowest BCUT2D eigenvalue weighted by Crippen LogP contribution is -2.44. The van der Waals surface area contributed by atoms with Crippen molar-refractivity contribution in [2.24, 2.45) is 0 Å². The number of nitrogens with one attached hydrogen (secondary N) is 1. The molecule has 0 saturated carbocycles. The van der Waals surface area contributed by atoms with E-state index in [0.29, 0.717) is 10.7 Å². The van der Waals surface area contributed by atoms with Gasteiger partial charge in [-0.2, -0.15) is 0 Å². The summed E-state index contributed by atoms with van der Waals surface area (Å²) in [6, 6.07) is 7.15. The van der Waals surface area contributed by atoms with Gasteiger partial charge in [-0.25, -0.2) is 4.98 Å². The molecule has 1 aliphatic rings. The molecule has 0 spiro atoms. The highest BCUT2D eigenvalue weighted by Gasteiger charge is 2.22. The number of carbonyl (C=O) groups is 2. The van der Waals surface area contributed by atoms with Crippen LogP contribution >= 0.6 is 27.3 Å². The molecule has 8 heteroatoms. The number of morpholine rings is 1. The van der Waals surface area contributed by atoms with Crippen LogP contribution in [0.3, 0.4) is 0 Å². The number of amides is 1. The number of thiazole rings is 1. The average Bonchev–Trinajstić information content (AvgIpc) is 3.06. The van der Waals surface area contributed by atoms with Gasteiger partial charge in [-0.05, 0) is 26.0 Å². The summed E-state index contributed by atoms with van der Waals surface area (Å²) in [4.78, 5) is 31.1. The lowest BCUT2D eigenvalue weighted by molar-refractivity contribution is -0.116. The van der Waals surface area contributed by atoms with E-state index in [-0.39, 0.29) is 36.7 Å². The molecule has 2 heterocycles.